The number of likely N-dealkylation sites (N-methyl/N-ethyl adjacent to an activating group) is 2. The molecule has 2 aliphatic heterocycles. The standard InChI is InChI=1S/C13H16N2O2/c1-12-8-14(2)11(16)13(12,17)15(3)10-7-5-4-6-9(10)12/h4-7,17H,8H2,1-3H3/t12-,13+/m1/s1. The van der Waals surface area contributed by atoms with E-state index >= 15 is 0 Å². The minimum absolute atomic E-state index is 0.223. The van der Waals surface area contributed by atoms with Gasteiger partial charge >= 0.3 is 0 Å². The Labute approximate surface area is 100 Å². The molecular formula is C13H16N2O2. The second kappa shape index (κ2) is 2.82. The summed E-state index contributed by atoms with van der Waals surface area (Å²) in [7, 11) is 3.52. The van der Waals surface area contributed by atoms with Gasteiger partial charge in [0, 0.05) is 26.3 Å². The van der Waals surface area contributed by atoms with E-state index in [0.29, 0.717) is 6.54 Å². The lowest BCUT2D eigenvalue weighted by atomic mass is 9.78. The number of benzene rings is 1. The van der Waals surface area contributed by atoms with Crippen molar-refractivity contribution < 1.29 is 9.90 Å². The molecule has 0 aliphatic carbocycles. The van der Waals surface area contributed by atoms with Crippen LogP contribution in [0.1, 0.15) is 12.5 Å². The monoisotopic (exact) mass is 232 g/mol. The van der Waals surface area contributed by atoms with Crippen LogP contribution in [0.15, 0.2) is 24.3 Å². The number of aliphatic hydroxyl groups is 1. The first-order valence-corrected chi connectivity index (χ1v) is 5.74. The maximum absolute atomic E-state index is 12.2. The lowest BCUT2D eigenvalue weighted by molar-refractivity contribution is -0.143. The highest BCUT2D eigenvalue weighted by Gasteiger charge is 2.67. The molecule has 1 aromatic rings. The van der Waals surface area contributed by atoms with Crippen LogP contribution in [0, 0.1) is 0 Å². The number of rotatable bonds is 0. The molecule has 0 aromatic heterocycles. The Hall–Kier alpha value is -1.55. The molecule has 4 heteroatoms. The molecule has 0 saturated carbocycles. The maximum Gasteiger partial charge on any atom is 0.276 e. The van der Waals surface area contributed by atoms with Crippen LogP contribution in [0.5, 0.6) is 0 Å². The summed E-state index contributed by atoms with van der Waals surface area (Å²) in [6.45, 7) is 2.50. The minimum atomic E-state index is -1.44. The van der Waals surface area contributed by atoms with Crippen LogP contribution in [0.25, 0.3) is 0 Å². The van der Waals surface area contributed by atoms with Gasteiger partial charge in [0.1, 0.15) is 0 Å². The van der Waals surface area contributed by atoms with Crippen LogP contribution in [0.2, 0.25) is 0 Å². The molecule has 0 unspecified atom stereocenters. The van der Waals surface area contributed by atoms with E-state index in [9.17, 15) is 9.90 Å². The second-order valence-corrected chi connectivity index (χ2v) is 5.24. The van der Waals surface area contributed by atoms with Gasteiger partial charge in [0.25, 0.3) is 5.91 Å². The third-order valence-corrected chi connectivity index (χ3v) is 4.31. The summed E-state index contributed by atoms with van der Waals surface area (Å²) in [5.74, 6) is -0.223. The molecule has 1 fully saturated rings. The zero-order chi connectivity index (χ0) is 12.4. The van der Waals surface area contributed by atoms with Crippen LogP contribution >= 0.6 is 0 Å². The van der Waals surface area contributed by atoms with E-state index in [2.05, 4.69) is 0 Å². The van der Waals surface area contributed by atoms with Crippen LogP contribution in [0.4, 0.5) is 5.69 Å². The third kappa shape index (κ3) is 0.916. The van der Waals surface area contributed by atoms with Crippen molar-refractivity contribution in [3.05, 3.63) is 29.8 Å². The van der Waals surface area contributed by atoms with Crippen molar-refractivity contribution in [2.24, 2.45) is 0 Å². The second-order valence-electron chi connectivity index (χ2n) is 5.24. The van der Waals surface area contributed by atoms with Crippen molar-refractivity contribution in [3.63, 3.8) is 0 Å². The fourth-order valence-electron chi connectivity index (χ4n) is 3.35. The summed E-state index contributed by atoms with van der Waals surface area (Å²) in [5, 5.41) is 10.9. The number of nitrogens with zero attached hydrogens (tertiary/aromatic N) is 2. The van der Waals surface area contributed by atoms with Crippen LogP contribution in [-0.4, -0.2) is 42.3 Å². The normalized spacial score (nSPS) is 35.2. The third-order valence-electron chi connectivity index (χ3n) is 4.31. The van der Waals surface area contributed by atoms with Gasteiger partial charge in [0.05, 0.1) is 5.41 Å². The number of fused-ring (bicyclic) bond motifs is 3. The highest BCUT2D eigenvalue weighted by molar-refractivity contribution is 5.96. The summed E-state index contributed by atoms with van der Waals surface area (Å²) in [5.41, 5.74) is -0.00282. The molecule has 1 amide bonds. The molecule has 0 radical (unpaired) electrons. The number of hydrogen-bond acceptors (Lipinski definition) is 3. The van der Waals surface area contributed by atoms with Gasteiger partial charge in [-0.1, -0.05) is 18.2 Å². The molecule has 2 heterocycles. The number of anilines is 1. The first kappa shape index (κ1) is 10.6. The molecule has 17 heavy (non-hydrogen) atoms. The molecule has 3 rings (SSSR count). The average molecular weight is 232 g/mol. The van der Waals surface area contributed by atoms with Crippen molar-refractivity contribution in [1.82, 2.24) is 4.90 Å². The van der Waals surface area contributed by atoms with E-state index < -0.39 is 11.1 Å². The molecule has 90 valence electrons. The van der Waals surface area contributed by atoms with Gasteiger partial charge in [-0.3, -0.25) is 4.79 Å². The molecule has 0 spiro atoms. The Morgan fingerprint density at radius 1 is 1.29 bits per heavy atom. The van der Waals surface area contributed by atoms with Crippen molar-refractivity contribution >= 4 is 11.6 Å². The maximum atomic E-state index is 12.2. The van der Waals surface area contributed by atoms with Crippen molar-refractivity contribution in [2.45, 2.75) is 18.1 Å². The van der Waals surface area contributed by atoms with Crippen molar-refractivity contribution in [3.8, 4) is 0 Å². The first-order chi connectivity index (χ1) is 7.93. The Kier molecular flexibility index (Phi) is 1.76. The average Bonchev–Trinajstić information content (AvgIpc) is 2.60. The van der Waals surface area contributed by atoms with Gasteiger partial charge in [-0.15, -0.1) is 0 Å². The minimum Gasteiger partial charge on any atom is -0.362 e. The summed E-state index contributed by atoms with van der Waals surface area (Å²) in [4.78, 5) is 15.5. The zero-order valence-corrected chi connectivity index (χ0v) is 10.3. The number of hydrogen-bond donors (Lipinski definition) is 1. The number of amides is 1. The number of likely N-dealkylation sites (tertiary alicyclic amines) is 1. The molecule has 1 N–H and O–H groups in total. The van der Waals surface area contributed by atoms with Gasteiger partial charge in [-0.2, -0.15) is 0 Å². The molecule has 1 saturated heterocycles. The lowest BCUT2D eigenvalue weighted by Gasteiger charge is -2.34. The van der Waals surface area contributed by atoms with Crippen molar-refractivity contribution in [1.29, 1.82) is 0 Å². The molecular weight excluding hydrogens is 216 g/mol. The van der Waals surface area contributed by atoms with Gasteiger partial charge < -0.3 is 14.9 Å². The Morgan fingerprint density at radius 2 is 1.94 bits per heavy atom. The van der Waals surface area contributed by atoms with Gasteiger partial charge in [0.2, 0.25) is 5.72 Å². The van der Waals surface area contributed by atoms with Gasteiger partial charge in [-0.05, 0) is 18.6 Å². The Morgan fingerprint density at radius 3 is 2.65 bits per heavy atom. The fraction of sp³-hybridized carbons (Fsp3) is 0.462. The van der Waals surface area contributed by atoms with E-state index in [-0.39, 0.29) is 5.91 Å². The Bertz CT molecular complexity index is 516. The smallest absolute Gasteiger partial charge is 0.276 e. The van der Waals surface area contributed by atoms with E-state index in [1.807, 2.05) is 31.2 Å². The fourth-order valence-corrected chi connectivity index (χ4v) is 3.35. The summed E-state index contributed by atoms with van der Waals surface area (Å²) in [6.07, 6.45) is 0. The molecule has 2 atom stereocenters. The lowest BCUT2D eigenvalue weighted by Crippen LogP contribution is -2.58. The Balaban J connectivity index is 2.30. The largest absolute Gasteiger partial charge is 0.362 e. The SMILES string of the molecule is CN1C[C@]2(C)c3ccccc3N(C)[C@]2(O)C1=O. The molecule has 0 bridgehead atoms. The van der Waals surface area contributed by atoms with Crippen molar-refractivity contribution in [2.75, 3.05) is 25.5 Å². The summed E-state index contributed by atoms with van der Waals surface area (Å²) >= 11 is 0. The van der Waals surface area contributed by atoms with E-state index in [1.54, 1.807) is 23.9 Å². The zero-order valence-electron chi connectivity index (χ0n) is 10.3. The topological polar surface area (TPSA) is 43.8 Å². The van der Waals surface area contributed by atoms with E-state index in [1.165, 1.54) is 0 Å². The molecule has 1 aromatic carbocycles. The van der Waals surface area contributed by atoms with Gasteiger partial charge in [0.15, 0.2) is 0 Å². The van der Waals surface area contributed by atoms with Crippen LogP contribution in [0.3, 0.4) is 0 Å². The molecule has 4 nitrogen and oxygen atoms in total. The summed E-state index contributed by atoms with van der Waals surface area (Å²) in [6, 6.07) is 7.82. The number of para-hydroxylation sites is 1. The number of carbonyl (C=O) groups is 1. The first-order valence-electron chi connectivity index (χ1n) is 5.74. The van der Waals surface area contributed by atoms with Crippen LogP contribution < -0.4 is 4.90 Å². The highest BCUT2D eigenvalue weighted by Crippen LogP contribution is 2.53. The van der Waals surface area contributed by atoms with E-state index in [4.69, 9.17) is 0 Å². The van der Waals surface area contributed by atoms with E-state index in [0.717, 1.165) is 11.3 Å². The summed E-state index contributed by atoms with van der Waals surface area (Å²) < 4.78 is 0. The molecule has 2 aliphatic rings. The van der Waals surface area contributed by atoms with Crippen LogP contribution in [-0.2, 0) is 10.2 Å². The number of carbonyl (C=O) groups excluding carboxylic acids is 1. The van der Waals surface area contributed by atoms with Gasteiger partial charge in [-0.25, -0.2) is 0 Å². The predicted molar refractivity (Wildman–Crippen MR) is 64.8 cm³/mol. The highest BCUT2D eigenvalue weighted by atomic mass is 16.3. The predicted octanol–water partition coefficient (Wildman–Crippen LogP) is 0.555. The quantitative estimate of drug-likeness (QED) is 0.710.